The van der Waals surface area contributed by atoms with Crippen LogP contribution in [0.4, 0.5) is 5.69 Å². The van der Waals surface area contributed by atoms with Gasteiger partial charge in [-0.15, -0.1) is 0 Å². The van der Waals surface area contributed by atoms with E-state index in [-0.39, 0.29) is 5.91 Å². The average molecular weight is 430 g/mol. The molecule has 2 aromatic carbocycles. The summed E-state index contributed by atoms with van der Waals surface area (Å²) < 4.78 is 1.73. The van der Waals surface area contributed by atoms with Crippen molar-refractivity contribution in [2.75, 3.05) is 5.32 Å². The SMILES string of the molecule is O=Cc1ccc(NC(=O)c2cc(I)ccc2Br)cc1. The van der Waals surface area contributed by atoms with Crippen molar-refractivity contribution in [2.24, 2.45) is 0 Å². The molecule has 0 spiro atoms. The molecule has 0 saturated carbocycles. The molecule has 0 heterocycles. The van der Waals surface area contributed by atoms with Crippen molar-refractivity contribution >= 4 is 56.4 Å². The number of rotatable bonds is 3. The molecule has 0 aliphatic rings. The molecule has 1 amide bonds. The molecule has 0 aliphatic carbocycles. The van der Waals surface area contributed by atoms with Crippen LogP contribution in [0.3, 0.4) is 0 Å². The van der Waals surface area contributed by atoms with Gasteiger partial charge in [-0.3, -0.25) is 9.59 Å². The lowest BCUT2D eigenvalue weighted by Crippen LogP contribution is -2.12. The van der Waals surface area contributed by atoms with Gasteiger partial charge in [0.05, 0.1) is 5.56 Å². The Bertz CT molecular complexity index is 626. The van der Waals surface area contributed by atoms with Crippen LogP contribution in [0.1, 0.15) is 20.7 Å². The van der Waals surface area contributed by atoms with Gasteiger partial charge >= 0.3 is 0 Å². The standard InChI is InChI=1S/C14H9BrINO2/c15-13-6-3-10(16)7-12(13)14(19)17-11-4-1-9(8-18)2-5-11/h1-8H,(H,17,19). The minimum absolute atomic E-state index is 0.191. The molecule has 1 N–H and O–H groups in total. The molecule has 0 aromatic heterocycles. The van der Waals surface area contributed by atoms with E-state index in [1.54, 1.807) is 30.3 Å². The van der Waals surface area contributed by atoms with Crippen molar-refractivity contribution in [3.63, 3.8) is 0 Å². The zero-order valence-corrected chi connectivity index (χ0v) is 13.4. The molecular weight excluding hydrogens is 421 g/mol. The van der Waals surface area contributed by atoms with Gasteiger partial charge in [0.15, 0.2) is 0 Å². The van der Waals surface area contributed by atoms with E-state index in [9.17, 15) is 9.59 Å². The second-order valence-corrected chi connectivity index (χ2v) is 5.92. The lowest BCUT2D eigenvalue weighted by molar-refractivity contribution is 0.102. The largest absolute Gasteiger partial charge is 0.322 e. The topological polar surface area (TPSA) is 46.2 Å². The highest BCUT2D eigenvalue weighted by molar-refractivity contribution is 14.1. The fraction of sp³-hybridized carbons (Fsp3) is 0. The number of anilines is 1. The summed E-state index contributed by atoms with van der Waals surface area (Å²) >= 11 is 5.51. The smallest absolute Gasteiger partial charge is 0.256 e. The Morgan fingerprint density at radius 3 is 2.47 bits per heavy atom. The molecule has 2 rings (SSSR count). The van der Waals surface area contributed by atoms with Gasteiger partial charge in [0.2, 0.25) is 0 Å². The molecule has 2 aromatic rings. The Labute approximate surface area is 132 Å². The molecule has 0 atom stereocenters. The van der Waals surface area contributed by atoms with Crippen LogP contribution in [0.5, 0.6) is 0 Å². The summed E-state index contributed by atoms with van der Waals surface area (Å²) in [6, 6.07) is 12.3. The predicted octanol–water partition coefficient (Wildman–Crippen LogP) is 4.12. The number of halogens is 2. The summed E-state index contributed by atoms with van der Waals surface area (Å²) in [4.78, 5) is 22.7. The Hall–Kier alpha value is -1.21. The second-order valence-electron chi connectivity index (χ2n) is 3.82. The maximum atomic E-state index is 12.1. The Kier molecular flexibility index (Phi) is 4.71. The molecular formula is C14H9BrINO2. The first-order valence-electron chi connectivity index (χ1n) is 5.42. The maximum Gasteiger partial charge on any atom is 0.256 e. The molecule has 0 bridgehead atoms. The van der Waals surface area contributed by atoms with Crippen molar-refractivity contribution < 1.29 is 9.59 Å². The molecule has 19 heavy (non-hydrogen) atoms. The van der Waals surface area contributed by atoms with Crippen LogP contribution in [-0.4, -0.2) is 12.2 Å². The number of amides is 1. The minimum atomic E-state index is -0.191. The minimum Gasteiger partial charge on any atom is -0.322 e. The third-order valence-electron chi connectivity index (χ3n) is 2.48. The van der Waals surface area contributed by atoms with E-state index in [0.717, 1.165) is 14.3 Å². The van der Waals surface area contributed by atoms with Gasteiger partial charge in [-0.05, 0) is 81.0 Å². The summed E-state index contributed by atoms with van der Waals surface area (Å²) in [5, 5.41) is 2.79. The van der Waals surface area contributed by atoms with Gasteiger partial charge in [0, 0.05) is 19.3 Å². The van der Waals surface area contributed by atoms with Crippen LogP contribution in [0.2, 0.25) is 0 Å². The van der Waals surface area contributed by atoms with Crippen molar-refractivity contribution in [3.05, 3.63) is 61.6 Å². The zero-order valence-electron chi connectivity index (χ0n) is 9.69. The van der Waals surface area contributed by atoms with E-state index in [0.29, 0.717) is 16.8 Å². The van der Waals surface area contributed by atoms with Gasteiger partial charge in [-0.2, -0.15) is 0 Å². The molecule has 0 aliphatic heterocycles. The van der Waals surface area contributed by atoms with E-state index in [2.05, 4.69) is 43.8 Å². The normalized spacial score (nSPS) is 10.0. The lowest BCUT2D eigenvalue weighted by Gasteiger charge is -2.07. The predicted molar refractivity (Wildman–Crippen MR) is 86.6 cm³/mol. The summed E-state index contributed by atoms with van der Waals surface area (Å²) in [5.74, 6) is -0.191. The van der Waals surface area contributed by atoms with Crippen LogP contribution in [-0.2, 0) is 0 Å². The third-order valence-corrected chi connectivity index (χ3v) is 3.84. The molecule has 3 nitrogen and oxygen atoms in total. The zero-order chi connectivity index (χ0) is 13.8. The first kappa shape index (κ1) is 14.2. The van der Waals surface area contributed by atoms with E-state index in [4.69, 9.17) is 0 Å². The quantitative estimate of drug-likeness (QED) is 0.589. The van der Waals surface area contributed by atoms with E-state index in [1.165, 1.54) is 0 Å². The van der Waals surface area contributed by atoms with Crippen molar-refractivity contribution in [1.29, 1.82) is 0 Å². The molecule has 0 unspecified atom stereocenters. The van der Waals surface area contributed by atoms with Gasteiger partial charge in [-0.1, -0.05) is 0 Å². The first-order chi connectivity index (χ1) is 9.10. The molecule has 0 radical (unpaired) electrons. The van der Waals surface area contributed by atoms with Crippen LogP contribution in [0, 0.1) is 3.57 Å². The highest BCUT2D eigenvalue weighted by Gasteiger charge is 2.10. The fourth-order valence-corrected chi connectivity index (χ4v) is 2.43. The van der Waals surface area contributed by atoms with Crippen molar-refractivity contribution in [1.82, 2.24) is 0 Å². The van der Waals surface area contributed by atoms with Crippen molar-refractivity contribution in [2.45, 2.75) is 0 Å². The molecule has 0 fully saturated rings. The van der Waals surface area contributed by atoms with Gasteiger partial charge in [0.25, 0.3) is 5.91 Å². The first-order valence-corrected chi connectivity index (χ1v) is 7.29. The highest BCUT2D eigenvalue weighted by atomic mass is 127. The number of carbonyl (C=O) groups excluding carboxylic acids is 2. The highest BCUT2D eigenvalue weighted by Crippen LogP contribution is 2.21. The number of aldehydes is 1. The molecule has 0 saturated heterocycles. The summed E-state index contributed by atoms with van der Waals surface area (Å²) in [6.07, 6.45) is 0.766. The van der Waals surface area contributed by atoms with E-state index < -0.39 is 0 Å². The van der Waals surface area contributed by atoms with Gasteiger partial charge in [0.1, 0.15) is 6.29 Å². The third kappa shape index (κ3) is 3.63. The Balaban J connectivity index is 2.20. The lowest BCUT2D eigenvalue weighted by atomic mass is 10.2. The number of hydrogen-bond donors (Lipinski definition) is 1. The van der Waals surface area contributed by atoms with Gasteiger partial charge in [-0.25, -0.2) is 0 Å². The van der Waals surface area contributed by atoms with Gasteiger partial charge < -0.3 is 5.32 Å². The van der Waals surface area contributed by atoms with Crippen molar-refractivity contribution in [3.8, 4) is 0 Å². The van der Waals surface area contributed by atoms with E-state index >= 15 is 0 Å². The summed E-state index contributed by atoms with van der Waals surface area (Å²) in [6.45, 7) is 0. The average Bonchev–Trinajstić information content (AvgIpc) is 2.42. The number of carbonyl (C=O) groups is 2. The maximum absolute atomic E-state index is 12.1. The summed E-state index contributed by atoms with van der Waals surface area (Å²) in [5.41, 5.74) is 1.81. The molecule has 5 heteroatoms. The van der Waals surface area contributed by atoms with E-state index in [1.807, 2.05) is 12.1 Å². The van der Waals surface area contributed by atoms with Crippen LogP contribution >= 0.6 is 38.5 Å². The fourth-order valence-electron chi connectivity index (χ4n) is 1.51. The Morgan fingerprint density at radius 1 is 1.16 bits per heavy atom. The van der Waals surface area contributed by atoms with Crippen LogP contribution in [0.15, 0.2) is 46.9 Å². The van der Waals surface area contributed by atoms with Crippen LogP contribution < -0.4 is 5.32 Å². The van der Waals surface area contributed by atoms with Crippen LogP contribution in [0.25, 0.3) is 0 Å². The second kappa shape index (κ2) is 6.29. The Morgan fingerprint density at radius 2 is 1.84 bits per heavy atom. The number of benzene rings is 2. The number of hydrogen-bond acceptors (Lipinski definition) is 2. The monoisotopic (exact) mass is 429 g/mol. The number of nitrogens with one attached hydrogen (secondary N) is 1. The molecule has 96 valence electrons. The summed E-state index contributed by atoms with van der Waals surface area (Å²) in [7, 11) is 0.